The van der Waals surface area contributed by atoms with Gasteiger partial charge >= 0.3 is 0 Å². The Balaban J connectivity index is 1.53. The van der Waals surface area contributed by atoms with Crippen LogP contribution in [0, 0.1) is 0 Å². The van der Waals surface area contributed by atoms with Gasteiger partial charge in [0.2, 0.25) is 10.0 Å². The molecule has 0 unspecified atom stereocenters. The van der Waals surface area contributed by atoms with E-state index in [1.807, 2.05) is 60.7 Å². The lowest BCUT2D eigenvalue weighted by molar-refractivity contribution is 0.201. The van der Waals surface area contributed by atoms with E-state index in [1.165, 1.54) is 12.8 Å². The Bertz CT molecular complexity index is 1280. The highest BCUT2D eigenvalue weighted by Crippen LogP contribution is 2.37. The van der Waals surface area contributed by atoms with E-state index >= 15 is 0 Å². The number of methoxy groups -OCH3 is 1. The number of sulfonamides is 1. The number of hydrogen-bond donors (Lipinski definition) is 1. The Labute approximate surface area is 214 Å². The highest BCUT2D eigenvalue weighted by molar-refractivity contribution is 7.89. The normalized spacial score (nSPS) is 17.2. The fraction of sp³-hybridized carbons (Fsp3) is 0.379. The Hall–Kier alpha value is -2.87. The molecule has 0 aromatic heterocycles. The van der Waals surface area contributed by atoms with Crippen molar-refractivity contribution < 1.29 is 17.9 Å². The molecular weight excluding hydrogens is 472 g/mol. The van der Waals surface area contributed by atoms with Crippen molar-refractivity contribution in [2.24, 2.45) is 0 Å². The smallest absolute Gasteiger partial charge is 0.243 e. The summed E-state index contributed by atoms with van der Waals surface area (Å²) in [6.07, 6.45) is 5.27. The molecule has 1 heterocycles. The predicted octanol–water partition coefficient (Wildman–Crippen LogP) is 4.87. The van der Waals surface area contributed by atoms with Gasteiger partial charge in [-0.25, -0.2) is 8.42 Å². The van der Waals surface area contributed by atoms with Crippen molar-refractivity contribution in [3.8, 4) is 22.6 Å². The molecule has 1 N–H and O–H groups in total. The lowest BCUT2D eigenvalue weighted by Gasteiger charge is -2.27. The second-order valence-electron chi connectivity index (χ2n) is 9.53. The fourth-order valence-electron chi connectivity index (χ4n) is 5.12. The van der Waals surface area contributed by atoms with E-state index in [-0.39, 0.29) is 6.10 Å². The van der Waals surface area contributed by atoms with Crippen LogP contribution in [0.4, 0.5) is 0 Å². The molecule has 190 valence electrons. The van der Waals surface area contributed by atoms with E-state index in [4.69, 9.17) is 9.47 Å². The lowest BCUT2D eigenvalue weighted by Crippen LogP contribution is -2.46. The number of hydrogen-bond acceptors (Lipinski definition) is 5. The van der Waals surface area contributed by atoms with E-state index in [2.05, 4.69) is 5.32 Å². The topological polar surface area (TPSA) is 67.9 Å². The van der Waals surface area contributed by atoms with Crippen molar-refractivity contribution in [2.75, 3.05) is 33.3 Å². The molecule has 6 nitrogen and oxygen atoms in total. The maximum Gasteiger partial charge on any atom is 0.243 e. The van der Waals surface area contributed by atoms with Gasteiger partial charge in [-0.1, -0.05) is 42.5 Å². The molecule has 0 spiro atoms. The maximum atomic E-state index is 13.6. The van der Waals surface area contributed by atoms with Crippen LogP contribution >= 0.6 is 0 Å². The van der Waals surface area contributed by atoms with Gasteiger partial charge in [0.25, 0.3) is 0 Å². The predicted molar refractivity (Wildman–Crippen MR) is 142 cm³/mol. The standard InChI is InChI=1S/C29H34N2O4S/c1-34-27-13-11-24(21-28(27)35-26-9-5-6-10-26)23-12-14-29(36(32,33)31-17-15-30-16-18-31)25(20-23)19-22-7-3-2-4-8-22/h2-4,7-8,11-14,20-21,26,30H,5-6,9-10,15-19H2,1H3. The second-order valence-corrected chi connectivity index (χ2v) is 11.4. The summed E-state index contributed by atoms with van der Waals surface area (Å²) in [6, 6.07) is 21.7. The van der Waals surface area contributed by atoms with E-state index in [0.717, 1.165) is 40.8 Å². The first-order chi connectivity index (χ1) is 17.5. The minimum absolute atomic E-state index is 0.217. The van der Waals surface area contributed by atoms with Crippen molar-refractivity contribution in [3.63, 3.8) is 0 Å². The number of nitrogens with zero attached hydrogens (tertiary/aromatic N) is 1. The molecule has 0 bridgehead atoms. The molecule has 0 amide bonds. The Kier molecular flexibility index (Phi) is 7.60. The molecule has 1 aliphatic heterocycles. The minimum atomic E-state index is -3.60. The number of nitrogens with one attached hydrogen (secondary N) is 1. The molecule has 1 saturated carbocycles. The van der Waals surface area contributed by atoms with Crippen LogP contribution in [-0.2, 0) is 16.4 Å². The third-order valence-electron chi connectivity index (χ3n) is 7.08. The zero-order valence-electron chi connectivity index (χ0n) is 20.8. The molecule has 36 heavy (non-hydrogen) atoms. The van der Waals surface area contributed by atoms with Crippen molar-refractivity contribution in [2.45, 2.75) is 43.1 Å². The van der Waals surface area contributed by atoms with Crippen molar-refractivity contribution in [1.29, 1.82) is 0 Å². The molecular formula is C29H34N2O4S. The number of rotatable bonds is 8. The van der Waals surface area contributed by atoms with Gasteiger partial charge in [-0.15, -0.1) is 0 Å². The Morgan fingerprint density at radius 3 is 2.31 bits per heavy atom. The van der Waals surface area contributed by atoms with Crippen LogP contribution < -0.4 is 14.8 Å². The average Bonchev–Trinajstić information content (AvgIpc) is 3.43. The first kappa shape index (κ1) is 24.8. The number of benzene rings is 3. The van der Waals surface area contributed by atoms with Crippen LogP contribution in [-0.4, -0.2) is 52.1 Å². The highest BCUT2D eigenvalue weighted by Gasteiger charge is 2.28. The largest absolute Gasteiger partial charge is 0.493 e. The molecule has 3 aromatic carbocycles. The van der Waals surface area contributed by atoms with Crippen LogP contribution in [0.15, 0.2) is 71.6 Å². The van der Waals surface area contributed by atoms with Crippen molar-refractivity contribution in [1.82, 2.24) is 9.62 Å². The molecule has 7 heteroatoms. The summed E-state index contributed by atoms with van der Waals surface area (Å²) in [5.74, 6) is 1.46. The summed E-state index contributed by atoms with van der Waals surface area (Å²) < 4.78 is 40.7. The van der Waals surface area contributed by atoms with E-state index < -0.39 is 10.0 Å². The van der Waals surface area contributed by atoms with Gasteiger partial charge in [0, 0.05) is 26.2 Å². The summed E-state index contributed by atoms with van der Waals surface area (Å²) in [7, 11) is -1.94. The third kappa shape index (κ3) is 5.43. The van der Waals surface area contributed by atoms with Crippen LogP contribution in [0.3, 0.4) is 0 Å². The zero-order chi connectivity index (χ0) is 25.0. The van der Waals surface area contributed by atoms with Gasteiger partial charge in [0.1, 0.15) is 0 Å². The monoisotopic (exact) mass is 506 g/mol. The molecule has 3 aromatic rings. The first-order valence-electron chi connectivity index (χ1n) is 12.8. The minimum Gasteiger partial charge on any atom is -0.493 e. The van der Waals surface area contributed by atoms with Gasteiger partial charge in [-0.3, -0.25) is 0 Å². The first-order valence-corrected chi connectivity index (χ1v) is 14.2. The summed E-state index contributed by atoms with van der Waals surface area (Å²) in [4.78, 5) is 0.382. The van der Waals surface area contributed by atoms with Crippen LogP contribution in [0.5, 0.6) is 11.5 Å². The second kappa shape index (κ2) is 11.0. The lowest BCUT2D eigenvalue weighted by atomic mass is 9.98. The molecule has 2 aliphatic rings. The van der Waals surface area contributed by atoms with Gasteiger partial charge in [-0.2, -0.15) is 4.31 Å². The van der Waals surface area contributed by atoms with E-state index in [9.17, 15) is 8.42 Å². The maximum absolute atomic E-state index is 13.6. The Morgan fingerprint density at radius 2 is 1.58 bits per heavy atom. The van der Waals surface area contributed by atoms with Gasteiger partial charge in [-0.05, 0) is 78.6 Å². The summed E-state index contributed by atoms with van der Waals surface area (Å²) >= 11 is 0. The van der Waals surface area contributed by atoms with E-state index in [0.29, 0.717) is 43.2 Å². The molecule has 0 radical (unpaired) electrons. The highest BCUT2D eigenvalue weighted by atomic mass is 32.2. The molecule has 2 fully saturated rings. The van der Waals surface area contributed by atoms with Crippen LogP contribution in [0.1, 0.15) is 36.8 Å². The average molecular weight is 507 g/mol. The third-order valence-corrected chi connectivity index (χ3v) is 9.08. The number of ether oxygens (including phenoxy) is 2. The van der Waals surface area contributed by atoms with Gasteiger partial charge in [0.15, 0.2) is 11.5 Å². The SMILES string of the molecule is COc1ccc(-c2ccc(S(=O)(=O)N3CCNCC3)c(Cc3ccccc3)c2)cc1OC1CCCC1. The molecule has 5 rings (SSSR count). The molecule has 1 aliphatic carbocycles. The Morgan fingerprint density at radius 1 is 0.889 bits per heavy atom. The number of piperazine rings is 1. The van der Waals surface area contributed by atoms with Crippen LogP contribution in [0.25, 0.3) is 11.1 Å². The molecule has 0 atom stereocenters. The van der Waals surface area contributed by atoms with Gasteiger partial charge < -0.3 is 14.8 Å². The summed E-state index contributed by atoms with van der Waals surface area (Å²) in [5, 5.41) is 3.24. The van der Waals surface area contributed by atoms with Crippen molar-refractivity contribution >= 4 is 10.0 Å². The van der Waals surface area contributed by atoms with Gasteiger partial charge in [0.05, 0.1) is 18.1 Å². The fourth-order valence-corrected chi connectivity index (χ4v) is 6.77. The van der Waals surface area contributed by atoms with E-state index in [1.54, 1.807) is 17.5 Å². The zero-order valence-corrected chi connectivity index (χ0v) is 21.6. The summed E-state index contributed by atoms with van der Waals surface area (Å²) in [5.41, 5.74) is 3.81. The molecule has 1 saturated heterocycles. The quantitative estimate of drug-likeness (QED) is 0.472. The van der Waals surface area contributed by atoms with Crippen molar-refractivity contribution in [3.05, 3.63) is 77.9 Å². The van der Waals surface area contributed by atoms with Crippen LogP contribution in [0.2, 0.25) is 0 Å². The summed E-state index contributed by atoms with van der Waals surface area (Å²) in [6.45, 7) is 2.30.